The van der Waals surface area contributed by atoms with Crippen LogP contribution in [-0.4, -0.2) is 43.3 Å². The molecule has 25 heavy (non-hydrogen) atoms. The average Bonchev–Trinajstić information content (AvgIpc) is 3.30. The highest BCUT2D eigenvalue weighted by atomic mass is 16.7. The Balaban J connectivity index is 1.77. The topological polar surface area (TPSA) is 76.7 Å². The summed E-state index contributed by atoms with van der Waals surface area (Å²) in [5.41, 5.74) is 2.71. The summed E-state index contributed by atoms with van der Waals surface area (Å²) >= 11 is 0. The summed E-state index contributed by atoms with van der Waals surface area (Å²) < 4.78 is 22.2. The number of hydrogen-bond acceptors (Lipinski definition) is 7. The maximum atomic E-state index is 9.48. The van der Waals surface area contributed by atoms with Gasteiger partial charge in [-0.25, -0.2) is 0 Å². The van der Waals surface area contributed by atoms with E-state index < -0.39 is 0 Å². The Morgan fingerprint density at radius 3 is 3.04 bits per heavy atom. The van der Waals surface area contributed by atoms with Gasteiger partial charge in [0.15, 0.2) is 17.3 Å². The maximum absolute atomic E-state index is 9.48. The molecule has 2 aliphatic rings. The largest absolute Gasteiger partial charge is 0.492 e. The van der Waals surface area contributed by atoms with Crippen LogP contribution in [0.1, 0.15) is 29.3 Å². The zero-order valence-electron chi connectivity index (χ0n) is 14.2. The smallest absolute Gasteiger partial charge is 0.231 e. The molecular formula is C18H20N2O5. The van der Waals surface area contributed by atoms with Crippen molar-refractivity contribution in [3.8, 4) is 17.2 Å². The molecule has 4 rings (SSSR count). The number of hydrogen-bond donors (Lipinski definition) is 1. The lowest BCUT2D eigenvalue weighted by atomic mass is 9.88. The molecule has 2 aliphatic heterocycles. The molecule has 1 aromatic carbocycles. The van der Waals surface area contributed by atoms with Crippen LogP contribution in [0.4, 0.5) is 0 Å². The minimum Gasteiger partial charge on any atom is -0.492 e. The van der Waals surface area contributed by atoms with Crippen molar-refractivity contribution in [2.45, 2.75) is 18.9 Å². The SMILES string of the molecule is COc1c2c(cc3c1C(CC(=NO)c1ccco1)N(C)CC3)OCO2. The van der Waals surface area contributed by atoms with Crippen LogP contribution in [0, 0.1) is 0 Å². The van der Waals surface area contributed by atoms with Gasteiger partial charge in [0.25, 0.3) is 0 Å². The second-order valence-electron chi connectivity index (χ2n) is 6.19. The van der Waals surface area contributed by atoms with Crippen LogP contribution in [0.25, 0.3) is 0 Å². The first-order valence-electron chi connectivity index (χ1n) is 8.17. The number of furan rings is 1. The second kappa shape index (κ2) is 6.33. The molecule has 7 heteroatoms. The molecule has 7 nitrogen and oxygen atoms in total. The van der Waals surface area contributed by atoms with Gasteiger partial charge in [0.1, 0.15) is 5.71 Å². The van der Waals surface area contributed by atoms with Gasteiger partial charge in [-0.15, -0.1) is 0 Å². The summed E-state index contributed by atoms with van der Waals surface area (Å²) in [5.74, 6) is 2.61. The molecule has 1 N–H and O–H groups in total. The van der Waals surface area contributed by atoms with E-state index in [0.29, 0.717) is 29.4 Å². The number of ether oxygens (including phenoxy) is 3. The lowest BCUT2D eigenvalue weighted by Gasteiger charge is -2.35. The third kappa shape index (κ3) is 2.60. The summed E-state index contributed by atoms with van der Waals surface area (Å²) in [6, 6.07) is 5.57. The number of oxime groups is 1. The molecule has 0 saturated carbocycles. The first kappa shape index (κ1) is 15.8. The second-order valence-corrected chi connectivity index (χ2v) is 6.19. The maximum Gasteiger partial charge on any atom is 0.231 e. The van der Waals surface area contributed by atoms with Gasteiger partial charge in [0.2, 0.25) is 12.5 Å². The number of nitrogens with zero attached hydrogens (tertiary/aromatic N) is 2. The van der Waals surface area contributed by atoms with Crippen molar-refractivity contribution in [3.05, 3.63) is 41.3 Å². The van der Waals surface area contributed by atoms with Crippen molar-refractivity contribution >= 4 is 5.71 Å². The molecule has 2 aromatic rings. The van der Waals surface area contributed by atoms with Crippen LogP contribution in [0.2, 0.25) is 0 Å². The number of rotatable bonds is 4. The number of likely N-dealkylation sites (N-methyl/N-ethyl adjacent to an activating group) is 1. The number of benzene rings is 1. The van der Waals surface area contributed by atoms with E-state index in [0.717, 1.165) is 24.3 Å². The van der Waals surface area contributed by atoms with Crippen molar-refractivity contribution in [2.75, 3.05) is 27.5 Å². The molecule has 1 aromatic heterocycles. The molecule has 0 bridgehead atoms. The summed E-state index contributed by atoms with van der Waals surface area (Å²) in [6.45, 7) is 1.09. The molecule has 0 aliphatic carbocycles. The highest BCUT2D eigenvalue weighted by Gasteiger charge is 2.35. The van der Waals surface area contributed by atoms with E-state index in [9.17, 15) is 5.21 Å². The van der Waals surface area contributed by atoms with Crippen molar-refractivity contribution in [3.63, 3.8) is 0 Å². The van der Waals surface area contributed by atoms with Crippen molar-refractivity contribution in [2.24, 2.45) is 5.16 Å². The Morgan fingerprint density at radius 2 is 2.32 bits per heavy atom. The predicted molar refractivity (Wildman–Crippen MR) is 89.8 cm³/mol. The van der Waals surface area contributed by atoms with E-state index in [1.54, 1.807) is 25.5 Å². The molecule has 1 atom stereocenters. The van der Waals surface area contributed by atoms with Gasteiger partial charge in [0, 0.05) is 24.6 Å². The van der Waals surface area contributed by atoms with E-state index in [-0.39, 0.29) is 12.8 Å². The van der Waals surface area contributed by atoms with Gasteiger partial charge in [0.05, 0.1) is 13.4 Å². The molecule has 1 unspecified atom stereocenters. The van der Waals surface area contributed by atoms with Crippen molar-refractivity contribution in [1.29, 1.82) is 0 Å². The van der Waals surface area contributed by atoms with Gasteiger partial charge in [-0.05, 0) is 37.2 Å². The molecule has 0 spiro atoms. The van der Waals surface area contributed by atoms with Gasteiger partial charge < -0.3 is 23.8 Å². The Hall–Kier alpha value is -2.67. The van der Waals surface area contributed by atoms with Crippen LogP contribution in [0.15, 0.2) is 34.0 Å². The normalized spacial score (nSPS) is 19.8. The molecule has 3 heterocycles. The highest BCUT2D eigenvalue weighted by Crippen LogP contribution is 2.50. The summed E-state index contributed by atoms with van der Waals surface area (Å²) in [7, 11) is 3.69. The lowest BCUT2D eigenvalue weighted by Crippen LogP contribution is -2.34. The predicted octanol–water partition coefficient (Wildman–Crippen LogP) is 2.81. The lowest BCUT2D eigenvalue weighted by molar-refractivity contribution is 0.170. The van der Waals surface area contributed by atoms with E-state index >= 15 is 0 Å². The molecule has 0 fully saturated rings. The fourth-order valence-corrected chi connectivity index (χ4v) is 3.60. The summed E-state index contributed by atoms with van der Waals surface area (Å²) in [5, 5.41) is 12.9. The first-order valence-corrected chi connectivity index (χ1v) is 8.17. The molecule has 0 saturated heterocycles. The average molecular weight is 344 g/mol. The third-order valence-corrected chi connectivity index (χ3v) is 4.86. The Morgan fingerprint density at radius 1 is 1.44 bits per heavy atom. The Bertz CT molecular complexity index is 800. The quantitative estimate of drug-likeness (QED) is 0.522. The first-order chi connectivity index (χ1) is 12.2. The molecular weight excluding hydrogens is 324 g/mol. The van der Waals surface area contributed by atoms with Gasteiger partial charge in [-0.2, -0.15) is 0 Å². The Labute approximate surface area is 145 Å². The molecule has 132 valence electrons. The molecule has 0 amide bonds. The van der Waals surface area contributed by atoms with Crippen LogP contribution in [0.3, 0.4) is 0 Å². The standard InChI is InChI=1S/C18H20N2O5/c1-20-6-5-11-8-15-17(25-10-24-15)18(22-2)16(11)13(20)9-12(19-21)14-4-3-7-23-14/h3-4,7-8,13,21H,5-6,9-10H2,1-2H3. The summed E-state index contributed by atoms with van der Waals surface area (Å²) in [6.07, 6.45) is 2.95. The number of fused-ring (bicyclic) bond motifs is 2. The van der Waals surface area contributed by atoms with E-state index in [2.05, 4.69) is 17.1 Å². The minimum atomic E-state index is -0.0239. The highest BCUT2D eigenvalue weighted by molar-refractivity contribution is 5.98. The van der Waals surface area contributed by atoms with Gasteiger partial charge in [-0.1, -0.05) is 5.16 Å². The van der Waals surface area contributed by atoms with Crippen LogP contribution >= 0.6 is 0 Å². The van der Waals surface area contributed by atoms with Crippen LogP contribution < -0.4 is 14.2 Å². The third-order valence-electron chi connectivity index (χ3n) is 4.86. The Kier molecular flexibility index (Phi) is 4.01. The zero-order chi connectivity index (χ0) is 17.4. The van der Waals surface area contributed by atoms with Crippen molar-refractivity contribution < 1.29 is 23.8 Å². The molecule has 0 radical (unpaired) electrons. The fraction of sp³-hybridized carbons (Fsp3) is 0.389. The minimum absolute atomic E-state index is 0.0239. The van der Waals surface area contributed by atoms with Gasteiger partial charge in [-0.3, -0.25) is 4.90 Å². The van der Waals surface area contributed by atoms with Crippen molar-refractivity contribution in [1.82, 2.24) is 4.90 Å². The monoisotopic (exact) mass is 344 g/mol. The summed E-state index contributed by atoms with van der Waals surface area (Å²) in [4.78, 5) is 2.22. The number of methoxy groups -OCH3 is 1. The fourth-order valence-electron chi connectivity index (χ4n) is 3.60. The van der Waals surface area contributed by atoms with E-state index in [1.807, 2.05) is 6.07 Å². The van der Waals surface area contributed by atoms with E-state index in [1.165, 1.54) is 5.56 Å². The van der Waals surface area contributed by atoms with Gasteiger partial charge >= 0.3 is 0 Å². The zero-order valence-corrected chi connectivity index (χ0v) is 14.2. The van der Waals surface area contributed by atoms with Crippen LogP contribution in [0.5, 0.6) is 17.2 Å². The van der Waals surface area contributed by atoms with E-state index in [4.69, 9.17) is 18.6 Å². The van der Waals surface area contributed by atoms with Crippen LogP contribution in [-0.2, 0) is 6.42 Å².